The summed E-state index contributed by atoms with van der Waals surface area (Å²) in [5.74, 6) is -0.100. The first-order chi connectivity index (χ1) is 14.5. The second-order valence-corrected chi connectivity index (χ2v) is 9.85. The van der Waals surface area contributed by atoms with Gasteiger partial charge in [0.25, 0.3) is 0 Å². The van der Waals surface area contributed by atoms with Gasteiger partial charge in [0, 0.05) is 41.0 Å². The predicted octanol–water partition coefficient (Wildman–Crippen LogP) is 5.77. The molecule has 1 heterocycles. The molecule has 2 aliphatic carbocycles. The van der Waals surface area contributed by atoms with E-state index in [0.29, 0.717) is 41.7 Å². The zero-order chi connectivity index (χ0) is 22.6. The van der Waals surface area contributed by atoms with Crippen LogP contribution in [-0.4, -0.2) is 21.7 Å². The zero-order valence-corrected chi connectivity index (χ0v) is 18.9. The topological polar surface area (TPSA) is 67.3 Å². The Kier molecular flexibility index (Phi) is 5.00. The Morgan fingerprint density at radius 1 is 1.00 bits per heavy atom. The smallest absolute Gasteiger partial charge is 0.211 e. The van der Waals surface area contributed by atoms with Crippen molar-refractivity contribution in [1.82, 2.24) is 4.98 Å². The standard InChI is InChI=1S/C27H29NO3/c1-16-13-19-20(27(4,5)12-11-26(19,2)3)14-18(16)25(31)21-10-9-17(15-28-21)24-22(29)7-6-8-23(24)30/h9-15,29H,6-8H2,1-5H3. The average molecular weight is 416 g/mol. The van der Waals surface area contributed by atoms with Crippen LogP contribution in [-0.2, 0) is 15.6 Å². The number of allylic oxidation sites excluding steroid dienone is 4. The summed E-state index contributed by atoms with van der Waals surface area (Å²) in [6.07, 6.45) is 7.57. The van der Waals surface area contributed by atoms with Crippen molar-refractivity contribution in [3.63, 3.8) is 0 Å². The lowest BCUT2D eigenvalue weighted by Crippen LogP contribution is -2.29. The number of aliphatic hydroxyl groups excluding tert-OH is 1. The van der Waals surface area contributed by atoms with Crippen molar-refractivity contribution < 1.29 is 14.7 Å². The van der Waals surface area contributed by atoms with E-state index in [4.69, 9.17) is 0 Å². The van der Waals surface area contributed by atoms with Crippen molar-refractivity contribution in [1.29, 1.82) is 0 Å². The number of pyridine rings is 1. The molecule has 2 aliphatic rings. The predicted molar refractivity (Wildman–Crippen MR) is 122 cm³/mol. The van der Waals surface area contributed by atoms with Crippen LogP contribution in [0.2, 0.25) is 0 Å². The highest BCUT2D eigenvalue weighted by molar-refractivity contribution is 6.22. The molecule has 0 fully saturated rings. The maximum atomic E-state index is 13.3. The van der Waals surface area contributed by atoms with E-state index in [1.54, 1.807) is 12.1 Å². The van der Waals surface area contributed by atoms with Gasteiger partial charge in [0.1, 0.15) is 11.5 Å². The van der Waals surface area contributed by atoms with Crippen molar-refractivity contribution in [2.45, 2.75) is 64.7 Å². The van der Waals surface area contributed by atoms with Gasteiger partial charge in [0.2, 0.25) is 5.78 Å². The van der Waals surface area contributed by atoms with Gasteiger partial charge < -0.3 is 5.11 Å². The second kappa shape index (κ2) is 7.30. The molecule has 4 heteroatoms. The third kappa shape index (κ3) is 3.65. The van der Waals surface area contributed by atoms with Crippen LogP contribution in [0.15, 0.2) is 48.4 Å². The lowest BCUT2D eigenvalue weighted by molar-refractivity contribution is -0.114. The fourth-order valence-corrected chi connectivity index (χ4v) is 4.58. The van der Waals surface area contributed by atoms with E-state index < -0.39 is 0 Å². The van der Waals surface area contributed by atoms with Gasteiger partial charge in [-0.2, -0.15) is 0 Å². The summed E-state index contributed by atoms with van der Waals surface area (Å²) in [7, 11) is 0. The molecule has 4 nitrogen and oxygen atoms in total. The van der Waals surface area contributed by atoms with Crippen LogP contribution in [0.4, 0.5) is 0 Å². The number of hydrogen-bond acceptors (Lipinski definition) is 4. The summed E-state index contributed by atoms with van der Waals surface area (Å²) in [4.78, 5) is 29.9. The SMILES string of the molecule is Cc1cc2c(cc1C(=O)c1ccc(C3=C(O)CCCC3=O)cn1)C(C)(C)C=CC2(C)C. The van der Waals surface area contributed by atoms with Crippen molar-refractivity contribution in [3.8, 4) is 0 Å². The van der Waals surface area contributed by atoms with Crippen molar-refractivity contribution in [2.24, 2.45) is 0 Å². The lowest BCUT2D eigenvalue weighted by Gasteiger charge is -2.37. The molecule has 31 heavy (non-hydrogen) atoms. The molecule has 0 bridgehead atoms. The number of aromatic nitrogens is 1. The minimum absolute atomic E-state index is 0.0759. The first-order valence-electron chi connectivity index (χ1n) is 10.8. The van der Waals surface area contributed by atoms with E-state index in [9.17, 15) is 14.7 Å². The number of ketones is 2. The Morgan fingerprint density at radius 2 is 1.65 bits per heavy atom. The molecule has 1 N–H and O–H groups in total. The second-order valence-electron chi connectivity index (χ2n) is 9.85. The Morgan fingerprint density at radius 3 is 2.23 bits per heavy atom. The number of benzene rings is 1. The summed E-state index contributed by atoms with van der Waals surface area (Å²) in [5, 5.41) is 10.1. The maximum Gasteiger partial charge on any atom is 0.211 e. The third-order valence-corrected chi connectivity index (χ3v) is 6.58. The van der Waals surface area contributed by atoms with Crippen molar-refractivity contribution >= 4 is 17.1 Å². The number of carbonyl (C=O) groups excluding carboxylic acids is 2. The van der Waals surface area contributed by atoms with E-state index in [1.165, 1.54) is 11.8 Å². The molecule has 0 aliphatic heterocycles. The number of hydrogen-bond donors (Lipinski definition) is 1. The number of Topliss-reactive ketones (excluding diaryl/α,β-unsaturated/α-hetero) is 1. The van der Waals surface area contributed by atoms with Crippen LogP contribution in [0.1, 0.15) is 85.3 Å². The van der Waals surface area contributed by atoms with Crippen LogP contribution < -0.4 is 0 Å². The Bertz CT molecular complexity index is 1150. The van der Waals surface area contributed by atoms with Gasteiger partial charge in [-0.1, -0.05) is 52.0 Å². The molecular formula is C27H29NO3. The van der Waals surface area contributed by atoms with E-state index in [-0.39, 0.29) is 28.2 Å². The minimum Gasteiger partial charge on any atom is -0.512 e. The largest absolute Gasteiger partial charge is 0.512 e. The molecule has 4 rings (SSSR count). The van der Waals surface area contributed by atoms with E-state index >= 15 is 0 Å². The van der Waals surface area contributed by atoms with E-state index in [0.717, 1.165) is 11.1 Å². The molecule has 0 spiro atoms. The molecule has 0 saturated heterocycles. The Balaban J connectivity index is 1.72. The molecule has 1 aromatic heterocycles. The molecule has 1 aromatic carbocycles. The number of carbonyl (C=O) groups is 2. The first kappa shape index (κ1) is 21.2. The van der Waals surface area contributed by atoms with Gasteiger partial charge in [-0.25, -0.2) is 0 Å². The lowest BCUT2D eigenvalue weighted by atomic mass is 9.67. The minimum atomic E-state index is -0.157. The van der Waals surface area contributed by atoms with Gasteiger partial charge in [-0.05, 0) is 42.2 Å². The van der Waals surface area contributed by atoms with Crippen molar-refractivity contribution in [3.05, 3.63) is 81.9 Å². The highest BCUT2D eigenvalue weighted by atomic mass is 16.3. The number of nitrogens with zero attached hydrogens (tertiary/aromatic N) is 1. The summed E-state index contributed by atoms with van der Waals surface area (Å²) in [6, 6.07) is 7.50. The van der Waals surface area contributed by atoms with Gasteiger partial charge in [0.05, 0.1) is 5.57 Å². The fourth-order valence-electron chi connectivity index (χ4n) is 4.58. The molecule has 0 unspecified atom stereocenters. The normalized spacial score (nSPS) is 19.3. The zero-order valence-electron chi connectivity index (χ0n) is 18.9. The number of aryl methyl sites for hydroxylation is 1. The Hall–Kier alpha value is -3.01. The van der Waals surface area contributed by atoms with Gasteiger partial charge in [-0.15, -0.1) is 0 Å². The van der Waals surface area contributed by atoms with Crippen LogP contribution in [0.3, 0.4) is 0 Å². The fraction of sp³-hybridized carbons (Fsp3) is 0.370. The number of aliphatic hydroxyl groups is 1. The average Bonchev–Trinajstić information content (AvgIpc) is 2.71. The van der Waals surface area contributed by atoms with Gasteiger partial charge in [0.15, 0.2) is 5.78 Å². The Labute approximate surface area is 183 Å². The summed E-state index contributed by atoms with van der Waals surface area (Å²) >= 11 is 0. The van der Waals surface area contributed by atoms with Crippen molar-refractivity contribution in [2.75, 3.05) is 0 Å². The maximum absolute atomic E-state index is 13.3. The van der Waals surface area contributed by atoms with Gasteiger partial charge in [-0.3, -0.25) is 14.6 Å². The molecule has 160 valence electrons. The molecular weight excluding hydrogens is 386 g/mol. The highest BCUT2D eigenvalue weighted by Crippen LogP contribution is 2.42. The van der Waals surface area contributed by atoms with Gasteiger partial charge >= 0.3 is 0 Å². The van der Waals surface area contributed by atoms with Crippen LogP contribution >= 0.6 is 0 Å². The monoisotopic (exact) mass is 415 g/mol. The summed E-state index contributed by atoms with van der Waals surface area (Å²) < 4.78 is 0. The first-order valence-corrected chi connectivity index (χ1v) is 10.8. The number of rotatable bonds is 3. The molecule has 0 atom stereocenters. The highest BCUT2D eigenvalue weighted by Gasteiger charge is 2.34. The molecule has 0 radical (unpaired) electrons. The van der Waals surface area contributed by atoms with Crippen LogP contribution in [0.5, 0.6) is 0 Å². The van der Waals surface area contributed by atoms with Crippen LogP contribution in [0.25, 0.3) is 5.57 Å². The molecule has 2 aromatic rings. The summed E-state index contributed by atoms with van der Waals surface area (Å²) in [5.41, 5.74) is 4.97. The number of fused-ring (bicyclic) bond motifs is 1. The third-order valence-electron chi connectivity index (χ3n) is 6.58. The quantitative estimate of drug-likeness (QED) is 0.511. The summed E-state index contributed by atoms with van der Waals surface area (Å²) in [6.45, 7) is 10.7. The van der Waals surface area contributed by atoms with Crippen LogP contribution in [0, 0.1) is 6.92 Å². The van der Waals surface area contributed by atoms with E-state index in [2.05, 4.69) is 50.9 Å². The molecule has 0 amide bonds. The molecule has 0 saturated carbocycles. The van der Waals surface area contributed by atoms with E-state index in [1.807, 2.05) is 13.0 Å².